The highest BCUT2D eigenvalue weighted by molar-refractivity contribution is 5.16. The minimum atomic E-state index is -0.0932. The van der Waals surface area contributed by atoms with Gasteiger partial charge in [-0.25, -0.2) is 0 Å². The van der Waals surface area contributed by atoms with Gasteiger partial charge in [0.05, 0.1) is 5.54 Å². The van der Waals surface area contributed by atoms with Crippen LogP contribution in [0.5, 0.6) is 0 Å². The van der Waals surface area contributed by atoms with E-state index in [9.17, 15) is 4.79 Å². The van der Waals surface area contributed by atoms with Crippen molar-refractivity contribution in [2.24, 2.45) is 0 Å². The van der Waals surface area contributed by atoms with Gasteiger partial charge in [-0.15, -0.1) is 0 Å². The fourth-order valence-electron chi connectivity index (χ4n) is 1.29. The first kappa shape index (κ1) is 11.1. The van der Waals surface area contributed by atoms with Crippen LogP contribution in [0.4, 0.5) is 0 Å². The van der Waals surface area contributed by atoms with E-state index < -0.39 is 0 Å². The Morgan fingerprint density at radius 1 is 1.14 bits per heavy atom. The van der Waals surface area contributed by atoms with E-state index >= 15 is 0 Å². The van der Waals surface area contributed by atoms with Crippen LogP contribution in [-0.2, 0) is 11.0 Å². The molecule has 0 bridgehead atoms. The largest absolute Gasteiger partial charge is 0.287 e. The number of rotatable bonds is 0. The third-order valence-corrected chi connectivity index (χ3v) is 2.26. The van der Waals surface area contributed by atoms with Gasteiger partial charge < -0.3 is 0 Å². The molecule has 3 nitrogen and oxygen atoms in total. The number of aromatic nitrogens is 2. The molecule has 0 radical (unpaired) electrons. The molecule has 0 atom stereocenters. The second-order valence-electron chi connectivity index (χ2n) is 5.77. The van der Waals surface area contributed by atoms with Crippen molar-refractivity contribution < 1.29 is 0 Å². The lowest BCUT2D eigenvalue weighted by Crippen LogP contribution is -2.24. The van der Waals surface area contributed by atoms with Gasteiger partial charge in [0.15, 0.2) is 0 Å². The zero-order valence-corrected chi connectivity index (χ0v) is 9.93. The summed E-state index contributed by atoms with van der Waals surface area (Å²) in [5, 5.41) is 2.85. The van der Waals surface area contributed by atoms with E-state index in [1.165, 1.54) is 0 Å². The predicted octanol–water partition coefficient (Wildman–Crippen LogP) is 2.23. The molecule has 0 amide bonds. The monoisotopic (exact) mass is 196 g/mol. The van der Waals surface area contributed by atoms with E-state index in [-0.39, 0.29) is 16.5 Å². The zero-order valence-electron chi connectivity index (χ0n) is 9.93. The minimum absolute atomic E-state index is 0.0208. The summed E-state index contributed by atoms with van der Waals surface area (Å²) in [6.45, 7) is 12.3. The predicted molar refractivity (Wildman–Crippen MR) is 58.7 cm³/mol. The molecule has 1 aromatic rings. The molecule has 80 valence electrons. The first-order chi connectivity index (χ1) is 6.12. The quantitative estimate of drug-likeness (QED) is 0.679. The molecular weight excluding hydrogens is 176 g/mol. The van der Waals surface area contributed by atoms with Crippen LogP contribution in [0.1, 0.15) is 47.1 Å². The van der Waals surface area contributed by atoms with Crippen LogP contribution in [0.25, 0.3) is 0 Å². The maximum absolute atomic E-state index is 11.7. The molecule has 0 aliphatic carbocycles. The van der Waals surface area contributed by atoms with Gasteiger partial charge >= 0.3 is 0 Å². The Balaban J connectivity index is 3.26. The number of hydrogen-bond acceptors (Lipinski definition) is 1. The Bertz CT molecular complexity index is 371. The molecular formula is C11H20N2O. The normalized spacial score (nSPS) is 13.3. The van der Waals surface area contributed by atoms with E-state index in [2.05, 4.69) is 25.9 Å². The van der Waals surface area contributed by atoms with Crippen molar-refractivity contribution in [3.05, 3.63) is 22.1 Å². The van der Waals surface area contributed by atoms with Crippen molar-refractivity contribution in [2.75, 3.05) is 0 Å². The van der Waals surface area contributed by atoms with Crippen LogP contribution >= 0.6 is 0 Å². The van der Waals surface area contributed by atoms with Crippen molar-refractivity contribution in [1.82, 2.24) is 9.78 Å². The third-order valence-electron chi connectivity index (χ3n) is 2.26. The van der Waals surface area contributed by atoms with Crippen LogP contribution in [0, 0.1) is 0 Å². The van der Waals surface area contributed by atoms with Crippen LogP contribution in [0.2, 0.25) is 0 Å². The van der Waals surface area contributed by atoms with Crippen molar-refractivity contribution in [1.29, 1.82) is 0 Å². The lowest BCUT2D eigenvalue weighted by atomic mass is 9.89. The summed E-state index contributed by atoms with van der Waals surface area (Å²) in [6, 6.07) is 0. The number of H-pyrrole nitrogens is 1. The smallest absolute Gasteiger partial charge is 0.267 e. The molecule has 0 fully saturated rings. The zero-order chi connectivity index (χ0) is 11.1. The Labute approximate surface area is 85.1 Å². The highest BCUT2D eigenvalue weighted by atomic mass is 16.1. The van der Waals surface area contributed by atoms with Crippen molar-refractivity contribution in [3.8, 4) is 0 Å². The summed E-state index contributed by atoms with van der Waals surface area (Å²) < 4.78 is 1.87. The SMILES string of the molecule is CC(C)(C)c1cn(C(C)(C)C)[nH]c1=O. The van der Waals surface area contributed by atoms with Gasteiger partial charge in [0.1, 0.15) is 0 Å². The first-order valence-corrected chi connectivity index (χ1v) is 4.95. The molecule has 0 spiro atoms. The average molecular weight is 196 g/mol. The van der Waals surface area contributed by atoms with Gasteiger partial charge in [-0.3, -0.25) is 14.6 Å². The van der Waals surface area contributed by atoms with Gasteiger partial charge in [0.25, 0.3) is 5.56 Å². The summed E-state index contributed by atoms with van der Waals surface area (Å²) in [7, 11) is 0. The van der Waals surface area contributed by atoms with Crippen molar-refractivity contribution in [2.45, 2.75) is 52.5 Å². The molecule has 0 aromatic carbocycles. The van der Waals surface area contributed by atoms with Crippen LogP contribution in [-0.4, -0.2) is 9.78 Å². The Morgan fingerprint density at radius 2 is 1.64 bits per heavy atom. The number of hydrogen-bond donors (Lipinski definition) is 1. The van der Waals surface area contributed by atoms with E-state index in [1.807, 2.05) is 31.6 Å². The summed E-state index contributed by atoms with van der Waals surface area (Å²) in [5.74, 6) is 0. The number of nitrogens with zero attached hydrogens (tertiary/aromatic N) is 1. The number of nitrogens with one attached hydrogen (secondary N) is 1. The molecule has 0 saturated heterocycles. The van der Waals surface area contributed by atoms with Crippen LogP contribution in [0.3, 0.4) is 0 Å². The van der Waals surface area contributed by atoms with Gasteiger partial charge in [-0.1, -0.05) is 20.8 Å². The van der Waals surface area contributed by atoms with Crippen LogP contribution in [0.15, 0.2) is 11.0 Å². The van der Waals surface area contributed by atoms with E-state index in [1.54, 1.807) is 0 Å². The second kappa shape index (κ2) is 3.01. The van der Waals surface area contributed by atoms with E-state index in [4.69, 9.17) is 0 Å². The maximum atomic E-state index is 11.7. The highest BCUT2D eigenvalue weighted by Gasteiger charge is 2.22. The molecule has 3 heteroatoms. The number of aromatic amines is 1. The molecule has 1 aromatic heterocycles. The summed E-state index contributed by atoms with van der Waals surface area (Å²) in [5.41, 5.74) is 0.701. The standard InChI is InChI=1S/C11H20N2O/c1-10(2,3)8-7-13(11(4,5)6)12-9(8)14/h7H,1-6H3,(H,12,14). The lowest BCUT2D eigenvalue weighted by molar-refractivity contribution is 0.353. The average Bonchev–Trinajstić information content (AvgIpc) is 2.27. The fourth-order valence-corrected chi connectivity index (χ4v) is 1.29. The molecule has 0 saturated carbocycles. The van der Waals surface area contributed by atoms with Gasteiger partial charge in [0, 0.05) is 11.8 Å². The summed E-state index contributed by atoms with van der Waals surface area (Å²) >= 11 is 0. The molecule has 0 unspecified atom stereocenters. The van der Waals surface area contributed by atoms with Crippen LogP contribution < -0.4 is 5.56 Å². The molecule has 14 heavy (non-hydrogen) atoms. The Morgan fingerprint density at radius 3 is 1.86 bits per heavy atom. The van der Waals surface area contributed by atoms with Gasteiger partial charge in [-0.2, -0.15) is 0 Å². The maximum Gasteiger partial charge on any atom is 0.267 e. The van der Waals surface area contributed by atoms with Crippen molar-refractivity contribution in [3.63, 3.8) is 0 Å². The topological polar surface area (TPSA) is 37.8 Å². The lowest BCUT2D eigenvalue weighted by Gasteiger charge is -2.20. The molecule has 0 aliphatic rings. The third kappa shape index (κ3) is 2.08. The molecule has 1 rings (SSSR count). The van der Waals surface area contributed by atoms with E-state index in [0.29, 0.717) is 0 Å². The first-order valence-electron chi connectivity index (χ1n) is 4.95. The molecule has 0 aliphatic heterocycles. The summed E-state index contributed by atoms with van der Waals surface area (Å²) in [6.07, 6.45) is 1.92. The Kier molecular flexibility index (Phi) is 2.38. The minimum Gasteiger partial charge on any atom is -0.287 e. The van der Waals surface area contributed by atoms with Gasteiger partial charge in [0.2, 0.25) is 0 Å². The molecule has 1 heterocycles. The fraction of sp³-hybridized carbons (Fsp3) is 0.727. The van der Waals surface area contributed by atoms with Crippen molar-refractivity contribution >= 4 is 0 Å². The van der Waals surface area contributed by atoms with E-state index in [0.717, 1.165) is 5.56 Å². The molecule has 1 N–H and O–H groups in total. The van der Waals surface area contributed by atoms with Gasteiger partial charge in [-0.05, 0) is 26.2 Å². The second-order valence-corrected chi connectivity index (χ2v) is 5.77. The summed E-state index contributed by atoms with van der Waals surface area (Å²) in [4.78, 5) is 11.7. The Hall–Kier alpha value is -0.990. The highest BCUT2D eigenvalue weighted by Crippen LogP contribution is 2.20.